The highest BCUT2D eigenvalue weighted by Gasteiger charge is 2.24. The maximum Gasteiger partial charge on any atom is 0.101 e. The molecule has 0 aliphatic rings. The molecule has 5 heterocycles. The van der Waals surface area contributed by atoms with Crippen molar-refractivity contribution in [3.8, 4) is 96.1 Å². The Labute approximate surface area is 439 Å². The molecule has 0 atom stereocenters. The van der Waals surface area contributed by atoms with Crippen LogP contribution in [0, 0.1) is 11.3 Å². The van der Waals surface area contributed by atoms with Crippen molar-refractivity contribution in [1.29, 1.82) is 5.26 Å². The van der Waals surface area contributed by atoms with Gasteiger partial charge >= 0.3 is 0 Å². The maximum absolute atomic E-state index is 11.5. The summed E-state index contributed by atoms with van der Waals surface area (Å²) in [5.41, 5.74) is 18.8. The van der Waals surface area contributed by atoms with Crippen LogP contribution < -0.4 is 0 Å². The first-order valence-electron chi connectivity index (χ1n) is 25.5. The maximum atomic E-state index is 11.5. The third kappa shape index (κ3) is 7.70. The number of hydrogen-bond acceptors (Lipinski definition) is 4. The highest BCUT2D eigenvalue weighted by atomic mass is 15.0. The summed E-state index contributed by atoms with van der Waals surface area (Å²) < 4.78 is 4.63. The first kappa shape index (κ1) is 44.2. The van der Waals surface area contributed by atoms with Crippen LogP contribution in [-0.4, -0.2) is 24.1 Å². The molecule has 6 nitrogen and oxygen atoms in total. The number of para-hydroxylation sites is 4. The van der Waals surface area contributed by atoms with Gasteiger partial charge in [0.1, 0.15) is 6.07 Å². The van der Waals surface area contributed by atoms with E-state index in [0.717, 1.165) is 134 Å². The van der Waals surface area contributed by atoms with Crippen molar-refractivity contribution >= 4 is 43.6 Å². The Bertz CT molecular complexity index is 4200. The van der Waals surface area contributed by atoms with E-state index < -0.39 is 0 Å². The molecule has 0 aliphatic heterocycles. The number of hydrogen-bond donors (Lipinski definition) is 0. The lowest BCUT2D eigenvalue weighted by Gasteiger charge is -2.20. The highest BCUT2D eigenvalue weighted by molar-refractivity contribution is 6.11. The normalized spacial score (nSPS) is 11.4. The quantitative estimate of drug-likeness (QED) is 0.144. The van der Waals surface area contributed by atoms with Crippen LogP contribution in [-0.2, 0) is 0 Å². The number of benzene rings is 9. The third-order valence-corrected chi connectivity index (χ3v) is 14.5. The zero-order valence-electron chi connectivity index (χ0n) is 41.1. The first-order chi connectivity index (χ1) is 37.6. The van der Waals surface area contributed by atoms with Gasteiger partial charge in [-0.2, -0.15) is 5.26 Å². The van der Waals surface area contributed by atoms with Crippen molar-refractivity contribution in [2.75, 3.05) is 0 Å². The summed E-state index contributed by atoms with van der Waals surface area (Å²) in [6.45, 7) is 0. The molecule has 0 N–H and O–H groups in total. The molecular weight excluding hydrogens is 925 g/mol. The second kappa shape index (κ2) is 18.5. The van der Waals surface area contributed by atoms with Gasteiger partial charge in [-0.25, -0.2) is 15.0 Å². The number of pyridine rings is 3. The molecule has 9 aromatic carbocycles. The van der Waals surface area contributed by atoms with E-state index >= 15 is 0 Å². The van der Waals surface area contributed by atoms with E-state index in [2.05, 4.69) is 209 Å². The van der Waals surface area contributed by atoms with Crippen molar-refractivity contribution in [2.24, 2.45) is 0 Å². The fourth-order valence-electron chi connectivity index (χ4n) is 11.0. The zero-order chi connectivity index (χ0) is 50.5. The van der Waals surface area contributed by atoms with Crippen LogP contribution in [0.2, 0.25) is 0 Å². The van der Waals surface area contributed by atoms with E-state index in [0.29, 0.717) is 5.56 Å². The number of nitriles is 1. The molecule has 0 aliphatic carbocycles. The van der Waals surface area contributed by atoms with E-state index in [4.69, 9.17) is 15.0 Å². The van der Waals surface area contributed by atoms with Gasteiger partial charge in [-0.05, 0) is 78.4 Å². The SMILES string of the molecule is N#Cc1cc(-c2cc(-c3cc(-c4ccccc4)nc(-c4ccccc4)c3)nc(-c3cc(-c4ccccc4)nc(-c4ccccc4)c3)c2)c(-n2c3ccccc3c3ccccc32)cc1-n1c2ccccc2c2ccccc21. The molecule has 0 bridgehead atoms. The standard InChI is InChI=1S/C70H44N6/c71-45-53-37-58(70(76-67-35-19-15-31-56(67)57-32-16-20-36-68(57)76)44-69(53)75-65-33-17-13-29-54(65)55-30-14-18-34-66(55)75)50-38-63(51-40-59(46-21-5-1-6-22-46)72-60(41-51)47-23-7-2-8-24-47)74-64(39-50)52-42-61(48-25-9-3-10-26-48)73-62(43-52)49-27-11-4-12-28-49/h1-44H. The predicted octanol–water partition coefficient (Wildman–Crippen LogP) is 17.6. The van der Waals surface area contributed by atoms with E-state index in [1.807, 2.05) is 72.8 Å². The molecule has 354 valence electrons. The zero-order valence-corrected chi connectivity index (χ0v) is 41.1. The second-order valence-electron chi connectivity index (χ2n) is 19.1. The average Bonchev–Trinajstić information content (AvgIpc) is 4.11. The minimum absolute atomic E-state index is 0.536. The van der Waals surface area contributed by atoms with E-state index in [9.17, 15) is 5.26 Å². The van der Waals surface area contributed by atoms with E-state index in [1.165, 1.54) is 0 Å². The van der Waals surface area contributed by atoms with Crippen molar-refractivity contribution in [3.63, 3.8) is 0 Å². The third-order valence-electron chi connectivity index (χ3n) is 14.5. The molecule has 0 amide bonds. The molecule has 76 heavy (non-hydrogen) atoms. The number of fused-ring (bicyclic) bond motifs is 6. The van der Waals surface area contributed by atoms with Gasteiger partial charge in [-0.1, -0.05) is 194 Å². The Morgan fingerprint density at radius 1 is 0.263 bits per heavy atom. The number of nitrogens with zero attached hydrogens (tertiary/aromatic N) is 6. The number of rotatable bonds is 9. The van der Waals surface area contributed by atoms with Crippen LogP contribution >= 0.6 is 0 Å². The first-order valence-corrected chi connectivity index (χ1v) is 25.5. The highest BCUT2D eigenvalue weighted by Crippen LogP contribution is 2.43. The van der Waals surface area contributed by atoms with Crippen LogP contribution in [0.5, 0.6) is 0 Å². The molecule has 14 aromatic rings. The van der Waals surface area contributed by atoms with Gasteiger partial charge in [0.25, 0.3) is 0 Å². The summed E-state index contributed by atoms with van der Waals surface area (Å²) in [4.78, 5) is 16.2. The van der Waals surface area contributed by atoms with E-state index in [1.54, 1.807) is 0 Å². The lowest BCUT2D eigenvalue weighted by molar-refractivity contribution is 1.13. The Morgan fingerprint density at radius 3 is 0.868 bits per heavy atom. The molecule has 0 unspecified atom stereocenters. The Balaban J connectivity index is 1.10. The molecule has 14 rings (SSSR count). The fraction of sp³-hybridized carbons (Fsp3) is 0. The van der Waals surface area contributed by atoms with Gasteiger partial charge in [0, 0.05) is 60.5 Å². The smallest absolute Gasteiger partial charge is 0.101 e. The number of aromatic nitrogens is 5. The molecular formula is C70H44N6. The molecule has 0 radical (unpaired) electrons. The van der Waals surface area contributed by atoms with Crippen molar-refractivity contribution < 1.29 is 0 Å². The van der Waals surface area contributed by atoms with Crippen LogP contribution in [0.4, 0.5) is 0 Å². The molecule has 6 heteroatoms. The van der Waals surface area contributed by atoms with E-state index in [-0.39, 0.29) is 0 Å². The van der Waals surface area contributed by atoms with Crippen molar-refractivity contribution in [2.45, 2.75) is 0 Å². The lowest BCUT2D eigenvalue weighted by Crippen LogP contribution is -2.04. The molecule has 0 saturated heterocycles. The summed E-state index contributed by atoms with van der Waals surface area (Å²) >= 11 is 0. The fourth-order valence-corrected chi connectivity index (χ4v) is 11.0. The largest absolute Gasteiger partial charge is 0.309 e. The second-order valence-corrected chi connectivity index (χ2v) is 19.1. The molecule has 0 saturated carbocycles. The van der Waals surface area contributed by atoms with Crippen molar-refractivity contribution in [3.05, 3.63) is 272 Å². The summed E-state index contributed by atoms with van der Waals surface area (Å²) in [6.07, 6.45) is 0. The Morgan fingerprint density at radius 2 is 0.539 bits per heavy atom. The van der Waals surface area contributed by atoms with Crippen molar-refractivity contribution in [1.82, 2.24) is 24.1 Å². The van der Waals surface area contributed by atoms with Gasteiger partial charge < -0.3 is 9.13 Å². The van der Waals surface area contributed by atoms with Gasteiger partial charge in [0.15, 0.2) is 0 Å². The minimum atomic E-state index is 0.536. The summed E-state index contributed by atoms with van der Waals surface area (Å²) in [7, 11) is 0. The monoisotopic (exact) mass is 968 g/mol. The summed E-state index contributed by atoms with van der Waals surface area (Å²) in [6, 6.07) is 95.5. The van der Waals surface area contributed by atoms with Gasteiger partial charge in [-0.15, -0.1) is 0 Å². The molecule has 0 spiro atoms. The van der Waals surface area contributed by atoms with Gasteiger partial charge in [0.05, 0.1) is 73.2 Å². The average molecular weight is 969 g/mol. The minimum Gasteiger partial charge on any atom is -0.309 e. The Hall–Kier alpha value is -10.5. The van der Waals surface area contributed by atoms with Crippen LogP contribution in [0.25, 0.3) is 134 Å². The summed E-state index contributed by atoms with van der Waals surface area (Å²) in [5, 5.41) is 16.0. The van der Waals surface area contributed by atoms with Crippen LogP contribution in [0.1, 0.15) is 5.56 Å². The van der Waals surface area contributed by atoms with Crippen LogP contribution in [0.15, 0.2) is 267 Å². The summed E-state index contributed by atoms with van der Waals surface area (Å²) in [5.74, 6) is 0. The van der Waals surface area contributed by atoms with Gasteiger partial charge in [0.2, 0.25) is 0 Å². The predicted molar refractivity (Wildman–Crippen MR) is 311 cm³/mol. The lowest BCUT2D eigenvalue weighted by atomic mass is 9.94. The Kier molecular flexibility index (Phi) is 10.8. The van der Waals surface area contributed by atoms with Gasteiger partial charge in [-0.3, -0.25) is 0 Å². The topological polar surface area (TPSA) is 72.3 Å². The molecule has 0 fully saturated rings. The van der Waals surface area contributed by atoms with Crippen LogP contribution in [0.3, 0.4) is 0 Å². The molecule has 5 aromatic heterocycles.